The number of sulfonamides is 1. The molecule has 4 atom stereocenters. The predicted octanol–water partition coefficient (Wildman–Crippen LogP) is 0.800. The first-order chi connectivity index (χ1) is 8.86. The first-order valence-corrected chi connectivity index (χ1v) is 9.03. The van der Waals surface area contributed by atoms with Crippen molar-refractivity contribution >= 4 is 10.0 Å². The maximum Gasteiger partial charge on any atom is 0.211 e. The van der Waals surface area contributed by atoms with Gasteiger partial charge in [0.05, 0.1) is 19.0 Å². The average Bonchev–Trinajstić information content (AvgIpc) is 2.75. The highest BCUT2D eigenvalue weighted by molar-refractivity contribution is 7.88. The molecular formula is C13H26N2O3S. The van der Waals surface area contributed by atoms with Gasteiger partial charge in [0.2, 0.25) is 10.0 Å². The van der Waals surface area contributed by atoms with Crippen molar-refractivity contribution in [3.63, 3.8) is 0 Å². The van der Waals surface area contributed by atoms with Gasteiger partial charge in [0.1, 0.15) is 0 Å². The number of rotatable bonds is 4. The number of hydrogen-bond donors (Lipinski definition) is 1. The van der Waals surface area contributed by atoms with Gasteiger partial charge in [-0.05, 0) is 44.4 Å². The van der Waals surface area contributed by atoms with Crippen LogP contribution >= 0.6 is 0 Å². The molecule has 2 fully saturated rings. The molecule has 0 aromatic carbocycles. The molecule has 19 heavy (non-hydrogen) atoms. The lowest BCUT2D eigenvalue weighted by atomic mass is 9.86. The van der Waals surface area contributed by atoms with E-state index in [1.165, 1.54) is 6.26 Å². The molecule has 112 valence electrons. The summed E-state index contributed by atoms with van der Waals surface area (Å²) >= 11 is 0. The van der Waals surface area contributed by atoms with E-state index in [2.05, 4.69) is 6.92 Å². The molecule has 2 rings (SSSR count). The van der Waals surface area contributed by atoms with Crippen molar-refractivity contribution in [2.24, 2.45) is 17.6 Å². The third-order valence-corrected chi connectivity index (χ3v) is 5.66. The highest BCUT2D eigenvalue weighted by Gasteiger charge is 2.32. The first-order valence-electron chi connectivity index (χ1n) is 7.18. The molecule has 0 spiro atoms. The number of nitrogens with two attached hydrogens (primary N) is 1. The second-order valence-corrected chi connectivity index (χ2v) is 8.15. The summed E-state index contributed by atoms with van der Waals surface area (Å²) < 4.78 is 30.3. The van der Waals surface area contributed by atoms with Gasteiger partial charge in [-0.15, -0.1) is 0 Å². The van der Waals surface area contributed by atoms with E-state index in [0.717, 1.165) is 32.3 Å². The minimum Gasteiger partial charge on any atom is -0.378 e. The Kier molecular flexibility index (Phi) is 4.87. The molecule has 6 heteroatoms. The average molecular weight is 290 g/mol. The third kappa shape index (κ3) is 4.15. The van der Waals surface area contributed by atoms with Crippen LogP contribution in [0, 0.1) is 11.8 Å². The van der Waals surface area contributed by atoms with Crippen LogP contribution in [-0.4, -0.2) is 50.8 Å². The van der Waals surface area contributed by atoms with E-state index in [9.17, 15) is 8.42 Å². The van der Waals surface area contributed by atoms with Gasteiger partial charge < -0.3 is 10.5 Å². The summed E-state index contributed by atoms with van der Waals surface area (Å²) in [6.07, 6.45) is 5.58. The smallest absolute Gasteiger partial charge is 0.211 e. The summed E-state index contributed by atoms with van der Waals surface area (Å²) in [6.45, 7) is 4.13. The van der Waals surface area contributed by atoms with Gasteiger partial charge in [0.15, 0.2) is 0 Å². The third-order valence-electron chi connectivity index (χ3n) is 4.39. The monoisotopic (exact) mass is 290 g/mol. The van der Waals surface area contributed by atoms with Crippen LogP contribution in [0.1, 0.15) is 32.6 Å². The molecule has 2 heterocycles. The lowest BCUT2D eigenvalue weighted by Crippen LogP contribution is -2.42. The van der Waals surface area contributed by atoms with Gasteiger partial charge in [-0.25, -0.2) is 12.7 Å². The van der Waals surface area contributed by atoms with Crippen molar-refractivity contribution in [1.29, 1.82) is 0 Å². The van der Waals surface area contributed by atoms with E-state index in [1.807, 2.05) is 0 Å². The molecule has 2 N–H and O–H groups in total. The number of piperidine rings is 1. The maximum atomic E-state index is 11.6. The standard InChI is InChI=1S/C13H26N2O3S/c1-10-6-12(9-18-10)13(14)7-11-4-3-5-15(8-11)19(2,16)17/h10-13H,3-9,14H2,1-2H3. The predicted molar refractivity (Wildman–Crippen MR) is 75.3 cm³/mol. The Balaban J connectivity index is 1.85. The Morgan fingerprint density at radius 1 is 1.47 bits per heavy atom. The number of hydrogen-bond acceptors (Lipinski definition) is 4. The lowest BCUT2D eigenvalue weighted by molar-refractivity contribution is 0.116. The van der Waals surface area contributed by atoms with Crippen molar-refractivity contribution in [2.45, 2.75) is 44.8 Å². The van der Waals surface area contributed by atoms with Crippen molar-refractivity contribution in [2.75, 3.05) is 26.0 Å². The van der Waals surface area contributed by atoms with Crippen LogP contribution in [0.3, 0.4) is 0 Å². The molecule has 0 radical (unpaired) electrons. The van der Waals surface area contributed by atoms with E-state index in [0.29, 0.717) is 31.0 Å². The largest absolute Gasteiger partial charge is 0.378 e. The SMILES string of the molecule is CC1CC(C(N)CC2CCCN(S(C)(=O)=O)C2)CO1. The van der Waals surface area contributed by atoms with Crippen LogP contribution in [0.4, 0.5) is 0 Å². The summed E-state index contributed by atoms with van der Waals surface area (Å²) in [4.78, 5) is 0. The molecule has 0 bridgehead atoms. The minimum atomic E-state index is -3.05. The van der Waals surface area contributed by atoms with Gasteiger partial charge in [0, 0.05) is 19.1 Å². The zero-order valence-electron chi connectivity index (χ0n) is 11.9. The fraction of sp³-hybridized carbons (Fsp3) is 1.00. The molecule has 2 aliphatic heterocycles. The van der Waals surface area contributed by atoms with Crippen molar-refractivity contribution in [3.05, 3.63) is 0 Å². The van der Waals surface area contributed by atoms with Crippen molar-refractivity contribution in [3.8, 4) is 0 Å². The molecular weight excluding hydrogens is 264 g/mol. The Hall–Kier alpha value is -0.170. The molecule has 0 amide bonds. The van der Waals surface area contributed by atoms with Gasteiger partial charge in [-0.1, -0.05) is 0 Å². The molecule has 5 nitrogen and oxygen atoms in total. The lowest BCUT2D eigenvalue weighted by Gasteiger charge is -2.33. The minimum absolute atomic E-state index is 0.134. The van der Waals surface area contributed by atoms with E-state index >= 15 is 0 Å². The van der Waals surface area contributed by atoms with E-state index in [-0.39, 0.29) is 6.04 Å². The van der Waals surface area contributed by atoms with Crippen LogP contribution < -0.4 is 5.73 Å². The molecule has 0 saturated carbocycles. The van der Waals surface area contributed by atoms with E-state index < -0.39 is 10.0 Å². The van der Waals surface area contributed by atoms with Crippen molar-refractivity contribution in [1.82, 2.24) is 4.31 Å². The van der Waals surface area contributed by atoms with Gasteiger partial charge >= 0.3 is 0 Å². The highest BCUT2D eigenvalue weighted by atomic mass is 32.2. The summed E-state index contributed by atoms with van der Waals surface area (Å²) in [7, 11) is -3.05. The van der Waals surface area contributed by atoms with Crippen LogP contribution in [-0.2, 0) is 14.8 Å². The second kappa shape index (κ2) is 6.08. The van der Waals surface area contributed by atoms with Crippen molar-refractivity contribution < 1.29 is 13.2 Å². The fourth-order valence-corrected chi connectivity index (χ4v) is 4.19. The Morgan fingerprint density at radius 2 is 2.21 bits per heavy atom. The van der Waals surface area contributed by atoms with Gasteiger partial charge in [-0.2, -0.15) is 0 Å². The highest BCUT2D eigenvalue weighted by Crippen LogP contribution is 2.28. The summed E-state index contributed by atoms with van der Waals surface area (Å²) in [5.74, 6) is 0.831. The molecule has 2 aliphatic rings. The van der Waals surface area contributed by atoms with Crippen LogP contribution in [0.15, 0.2) is 0 Å². The van der Waals surface area contributed by atoms with Crippen LogP contribution in [0.2, 0.25) is 0 Å². The Bertz CT molecular complexity index is 399. The summed E-state index contributed by atoms with van der Waals surface area (Å²) in [6, 6.07) is 0.134. The first kappa shape index (κ1) is 15.2. The summed E-state index contributed by atoms with van der Waals surface area (Å²) in [5, 5.41) is 0. The molecule has 0 aromatic heterocycles. The zero-order valence-corrected chi connectivity index (χ0v) is 12.7. The summed E-state index contributed by atoms with van der Waals surface area (Å²) in [5.41, 5.74) is 6.28. The molecule has 0 aliphatic carbocycles. The fourth-order valence-electron chi connectivity index (χ4n) is 3.25. The zero-order chi connectivity index (χ0) is 14.0. The topological polar surface area (TPSA) is 72.6 Å². The van der Waals surface area contributed by atoms with Crippen LogP contribution in [0.5, 0.6) is 0 Å². The second-order valence-electron chi connectivity index (χ2n) is 6.17. The molecule has 0 aromatic rings. The van der Waals surface area contributed by atoms with E-state index in [1.54, 1.807) is 4.31 Å². The van der Waals surface area contributed by atoms with Crippen LogP contribution in [0.25, 0.3) is 0 Å². The molecule has 2 saturated heterocycles. The normalized spacial score (nSPS) is 35.4. The Morgan fingerprint density at radius 3 is 2.79 bits per heavy atom. The van der Waals surface area contributed by atoms with Gasteiger partial charge in [0.25, 0.3) is 0 Å². The molecule has 4 unspecified atom stereocenters. The Labute approximate surface area is 116 Å². The van der Waals surface area contributed by atoms with Gasteiger partial charge in [-0.3, -0.25) is 0 Å². The quantitative estimate of drug-likeness (QED) is 0.831. The maximum absolute atomic E-state index is 11.6. The van der Waals surface area contributed by atoms with E-state index in [4.69, 9.17) is 10.5 Å². The number of nitrogens with zero attached hydrogens (tertiary/aromatic N) is 1. The number of ether oxygens (including phenoxy) is 1.